The summed E-state index contributed by atoms with van der Waals surface area (Å²) in [5.41, 5.74) is 0. The second kappa shape index (κ2) is 6.79. The van der Waals surface area contributed by atoms with Gasteiger partial charge in [-0.25, -0.2) is 0 Å². The van der Waals surface area contributed by atoms with E-state index in [1.165, 1.54) is 11.0 Å². The summed E-state index contributed by atoms with van der Waals surface area (Å²) in [5, 5.41) is 5.27. The standard InChI is InChI=1S/C13H17N3OS2/c1-15-6-8-16(9-7-15)13(18)14-12(17)5-4-11-3-2-10-19-11/h2-5,10H,6-9H2,1H3,(H,14,17,18)/p+1/b5-4-. The molecule has 1 amide bonds. The van der Waals surface area contributed by atoms with E-state index in [0.29, 0.717) is 5.11 Å². The zero-order valence-electron chi connectivity index (χ0n) is 10.9. The Morgan fingerprint density at radius 2 is 2.26 bits per heavy atom. The normalized spacial score (nSPS) is 16.8. The van der Waals surface area contributed by atoms with Gasteiger partial charge >= 0.3 is 0 Å². The number of quaternary nitrogens is 1. The first-order valence-electron chi connectivity index (χ1n) is 6.28. The minimum Gasteiger partial charge on any atom is -0.338 e. The summed E-state index contributed by atoms with van der Waals surface area (Å²) in [4.78, 5) is 16.4. The van der Waals surface area contributed by atoms with Crippen molar-refractivity contribution in [1.29, 1.82) is 0 Å². The largest absolute Gasteiger partial charge is 0.338 e. The molecule has 2 heterocycles. The van der Waals surface area contributed by atoms with Crippen molar-refractivity contribution in [2.24, 2.45) is 0 Å². The lowest BCUT2D eigenvalue weighted by Gasteiger charge is -2.31. The van der Waals surface area contributed by atoms with Crippen LogP contribution in [0.3, 0.4) is 0 Å². The number of carbonyl (C=O) groups excluding carboxylic acids is 1. The first kappa shape index (κ1) is 14.2. The van der Waals surface area contributed by atoms with Gasteiger partial charge in [0.05, 0.1) is 33.2 Å². The Morgan fingerprint density at radius 3 is 2.89 bits per heavy atom. The Hall–Kier alpha value is -1.24. The number of nitrogens with one attached hydrogen (secondary N) is 2. The van der Waals surface area contributed by atoms with Crippen molar-refractivity contribution < 1.29 is 9.69 Å². The molecule has 1 aliphatic heterocycles. The third-order valence-electron chi connectivity index (χ3n) is 3.08. The van der Waals surface area contributed by atoms with Gasteiger partial charge in [-0.3, -0.25) is 10.1 Å². The van der Waals surface area contributed by atoms with E-state index in [1.807, 2.05) is 17.5 Å². The Labute approximate surface area is 122 Å². The van der Waals surface area contributed by atoms with Crippen LogP contribution in [0.2, 0.25) is 0 Å². The van der Waals surface area contributed by atoms with Crippen molar-refractivity contribution in [2.45, 2.75) is 0 Å². The first-order valence-corrected chi connectivity index (χ1v) is 7.57. The van der Waals surface area contributed by atoms with E-state index in [1.54, 1.807) is 17.4 Å². The van der Waals surface area contributed by atoms with E-state index in [0.717, 1.165) is 31.1 Å². The molecular weight excluding hydrogens is 278 g/mol. The number of hydrogen-bond acceptors (Lipinski definition) is 3. The fourth-order valence-corrected chi connectivity index (χ4v) is 2.76. The summed E-state index contributed by atoms with van der Waals surface area (Å²) in [5.74, 6) is -0.162. The molecule has 0 saturated carbocycles. The van der Waals surface area contributed by atoms with Crippen molar-refractivity contribution >= 4 is 40.7 Å². The molecule has 2 rings (SSSR count). The zero-order valence-corrected chi connectivity index (χ0v) is 12.5. The molecule has 6 heteroatoms. The summed E-state index contributed by atoms with van der Waals surface area (Å²) in [7, 11) is 2.17. The van der Waals surface area contributed by atoms with Crippen LogP contribution in [-0.4, -0.2) is 49.1 Å². The van der Waals surface area contributed by atoms with Gasteiger partial charge in [-0.15, -0.1) is 11.3 Å². The molecule has 102 valence electrons. The molecule has 1 aromatic rings. The summed E-state index contributed by atoms with van der Waals surface area (Å²) >= 11 is 6.86. The fourth-order valence-electron chi connectivity index (χ4n) is 1.86. The maximum Gasteiger partial charge on any atom is 0.250 e. The molecule has 0 aliphatic carbocycles. The van der Waals surface area contributed by atoms with E-state index in [2.05, 4.69) is 17.3 Å². The molecule has 4 nitrogen and oxygen atoms in total. The second-order valence-electron chi connectivity index (χ2n) is 4.59. The maximum absolute atomic E-state index is 11.7. The number of thiocarbonyl (C=S) groups is 1. The molecule has 0 radical (unpaired) electrons. The van der Waals surface area contributed by atoms with Crippen LogP contribution in [0.1, 0.15) is 4.88 Å². The lowest BCUT2D eigenvalue weighted by atomic mass is 10.3. The van der Waals surface area contributed by atoms with Gasteiger partial charge in [0.1, 0.15) is 0 Å². The van der Waals surface area contributed by atoms with Gasteiger partial charge in [-0.05, 0) is 29.7 Å². The lowest BCUT2D eigenvalue weighted by Crippen LogP contribution is -3.12. The molecular formula is C13H18N3OS2+. The smallest absolute Gasteiger partial charge is 0.250 e. The zero-order chi connectivity index (χ0) is 13.7. The van der Waals surface area contributed by atoms with E-state index < -0.39 is 0 Å². The van der Waals surface area contributed by atoms with Gasteiger partial charge in [0.15, 0.2) is 5.11 Å². The number of piperazine rings is 1. The van der Waals surface area contributed by atoms with E-state index in [9.17, 15) is 4.79 Å². The summed E-state index contributed by atoms with van der Waals surface area (Å²) in [6, 6.07) is 3.93. The third kappa shape index (κ3) is 4.41. The van der Waals surface area contributed by atoms with Gasteiger partial charge in [0.25, 0.3) is 0 Å². The predicted molar refractivity (Wildman–Crippen MR) is 82.3 cm³/mol. The number of thiophene rings is 1. The number of nitrogens with zero attached hydrogens (tertiary/aromatic N) is 1. The molecule has 0 aromatic carbocycles. The van der Waals surface area contributed by atoms with Crippen LogP contribution in [0, 0.1) is 0 Å². The number of rotatable bonds is 2. The van der Waals surface area contributed by atoms with Crippen LogP contribution in [0.25, 0.3) is 6.08 Å². The van der Waals surface area contributed by atoms with Gasteiger partial charge in [-0.1, -0.05) is 6.07 Å². The molecule has 1 saturated heterocycles. The molecule has 1 fully saturated rings. The molecule has 0 bridgehead atoms. The van der Waals surface area contributed by atoms with Crippen LogP contribution >= 0.6 is 23.6 Å². The monoisotopic (exact) mass is 296 g/mol. The Kier molecular flexibility index (Phi) is 5.07. The number of amides is 1. The van der Waals surface area contributed by atoms with Gasteiger partial charge in [-0.2, -0.15) is 0 Å². The van der Waals surface area contributed by atoms with Gasteiger partial charge in [0, 0.05) is 11.0 Å². The number of likely N-dealkylation sites (N-methyl/N-ethyl adjacent to an activating group) is 1. The Morgan fingerprint density at radius 1 is 1.53 bits per heavy atom. The van der Waals surface area contributed by atoms with E-state index >= 15 is 0 Å². The molecule has 1 aliphatic rings. The van der Waals surface area contributed by atoms with Crippen LogP contribution in [-0.2, 0) is 4.79 Å². The van der Waals surface area contributed by atoms with Gasteiger partial charge < -0.3 is 9.80 Å². The van der Waals surface area contributed by atoms with Crippen molar-refractivity contribution in [3.05, 3.63) is 28.5 Å². The minimum atomic E-state index is -0.162. The van der Waals surface area contributed by atoms with Crippen LogP contribution < -0.4 is 10.2 Å². The topological polar surface area (TPSA) is 36.8 Å². The molecule has 2 N–H and O–H groups in total. The van der Waals surface area contributed by atoms with Crippen LogP contribution in [0.4, 0.5) is 0 Å². The quantitative estimate of drug-likeness (QED) is 0.595. The predicted octanol–water partition coefficient (Wildman–Crippen LogP) is -0.00730. The van der Waals surface area contributed by atoms with Crippen molar-refractivity contribution in [3.63, 3.8) is 0 Å². The van der Waals surface area contributed by atoms with Crippen molar-refractivity contribution in [3.8, 4) is 0 Å². The highest BCUT2D eigenvalue weighted by Crippen LogP contribution is 2.09. The second-order valence-corrected chi connectivity index (χ2v) is 5.95. The molecule has 0 spiro atoms. The van der Waals surface area contributed by atoms with E-state index in [4.69, 9.17) is 12.2 Å². The Balaban J connectivity index is 1.80. The minimum absolute atomic E-state index is 0.162. The molecule has 1 aromatic heterocycles. The summed E-state index contributed by atoms with van der Waals surface area (Å²) in [6.07, 6.45) is 3.33. The highest BCUT2D eigenvalue weighted by molar-refractivity contribution is 7.80. The van der Waals surface area contributed by atoms with Crippen molar-refractivity contribution in [2.75, 3.05) is 33.2 Å². The van der Waals surface area contributed by atoms with E-state index in [-0.39, 0.29) is 5.91 Å². The summed E-state index contributed by atoms with van der Waals surface area (Å²) < 4.78 is 0. The molecule has 19 heavy (non-hydrogen) atoms. The molecule has 0 unspecified atom stereocenters. The average molecular weight is 296 g/mol. The lowest BCUT2D eigenvalue weighted by molar-refractivity contribution is -0.883. The highest BCUT2D eigenvalue weighted by Gasteiger charge is 2.19. The molecule has 0 atom stereocenters. The van der Waals surface area contributed by atoms with Crippen LogP contribution in [0.15, 0.2) is 23.6 Å². The van der Waals surface area contributed by atoms with Gasteiger partial charge in [0.2, 0.25) is 5.91 Å². The third-order valence-corrected chi connectivity index (χ3v) is 4.27. The summed E-state index contributed by atoms with van der Waals surface area (Å²) in [6.45, 7) is 3.92. The first-order chi connectivity index (χ1) is 9.15. The maximum atomic E-state index is 11.7. The van der Waals surface area contributed by atoms with Crippen LogP contribution in [0.5, 0.6) is 0 Å². The number of hydrogen-bond donors (Lipinski definition) is 2. The average Bonchev–Trinajstić information content (AvgIpc) is 2.90. The SMILES string of the molecule is C[NH+]1CCN(C(=S)NC(=O)/C=C\c2cccs2)CC1. The fraction of sp³-hybridized carbons (Fsp3) is 0.385. The highest BCUT2D eigenvalue weighted by atomic mass is 32.1. The number of carbonyl (C=O) groups is 1. The Bertz CT molecular complexity index is 462. The van der Waals surface area contributed by atoms with Crippen molar-refractivity contribution in [1.82, 2.24) is 10.2 Å².